The van der Waals surface area contributed by atoms with Crippen molar-refractivity contribution >= 4 is 11.7 Å². The molecule has 0 aromatic carbocycles. The van der Waals surface area contributed by atoms with Gasteiger partial charge in [-0.05, 0) is 37.0 Å². The molecule has 148 valence electrons. The molecule has 2 saturated heterocycles. The molecule has 7 heteroatoms. The highest BCUT2D eigenvalue weighted by atomic mass is 16.5. The number of amides is 1. The van der Waals surface area contributed by atoms with Crippen LogP contribution in [0, 0.1) is 17.3 Å². The average molecular weight is 374 g/mol. The Bertz CT molecular complexity index is 671. The van der Waals surface area contributed by atoms with E-state index in [0.717, 1.165) is 64.0 Å². The third-order valence-corrected chi connectivity index (χ3v) is 6.55. The van der Waals surface area contributed by atoms with Crippen LogP contribution in [0.4, 0.5) is 5.82 Å². The Hall–Kier alpha value is -1.89. The van der Waals surface area contributed by atoms with Crippen molar-refractivity contribution in [3.05, 3.63) is 12.4 Å². The third kappa shape index (κ3) is 4.03. The minimum absolute atomic E-state index is 0.169. The SMILES string of the molecule is COc1cc(N2CCC3(CC2)CN(C(C)=O)C[C@H]3COCC2CC2)ncn1. The van der Waals surface area contributed by atoms with E-state index in [1.807, 2.05) is 11.0 Å². The second kappa shape index (κ2) is 7.62. The van der Waals surface area contributed by atoms with Gasteiger partial charge in [0.2, 0.25) is 11.8 Å². The average Bonchev–Trinajstić information content (AvgIpc) is 3.45. The lowest BCUT2D eigenvalue weighted by molar-refractivity contribution is -0.128. The molecule has 1 amide bonds. The summed E-state index contributed by atoms with van der Waals surface area (Å²) in [4.78, 5) is 24.8. The van der Waals surface area contributed by atoms with Gasteiger partial charge >= 0.3 is 0 Å². The van der Waals surface area contributed by atoms with Crippen molar-refractivity contribution in [1.29, 1.82) is 0 Å². The fourth-order valence-corrected chi connectivity index (χ4v) is 4.53. The topological polar surface area (TPSA) is 67.8 Å². The first-order chi connectivity index (χ1) is 13.1. The normalized spacial score (nSPS) is 24.4. The van der Waals surface area contributed by atoms with Crippen molar-refractivity contribution in [3.8, 4) is 5.88 Å². The molecule has 1 spiro atoms. The zero-order valence-electron chi connectivity index (χ0n) is 16.4. The minimum Gasteiger partial charge on any atom is -0.481 e. The molecule has 1 saturated carbocycles. The maximum atomic E-state index is 12.0. The van der Waals surface area contributed by atoms with Crippen molar-refractivity contribution in [2.75, 3.05) is 51.4 Å². The van der Waals surface area contributed by atoms with Crippen LogP contribution in [0.3, 0.4) is 0 Å². The Labute approximate surface area is 161 Å². The molecule has 0 unspecified atom stereocenters. The Balaban J connectivity index is 1.41. The summed E-state index contributed by atoms with van der Waals surface area (Å²) in [5, 5.41) is 0. The Morgan fingerprint density at radius 2 is 2.04 bits per heavy atom. The Kier molecular flexibility index (Phi) is 5.21. The molecule has 0 N–H and O–H groups in total. The zero-order chi connectivity index (χ0) is 18.9. The van der Waals surface area contributed by atoms with Crippen molar-refractivity contribution in [3.63, 3.8) is 0 Å². The molecule has 1 aromatic rings. The van der Waals surface area contributed by atoms with Gasteiger partial charge in [0.1, 0.15) is 12.1 Å². The van der Waals surface area contributed by atoms with E-state index in [4.69, 9.17) is 9.47 Å². The summed E-state index contributed by atoms with van der Waals surface area (Å²) in [6.07, 6.45) is 6.29. The Morgan fingerprint density at radius 3 is 2.70 bits per heavy atom. The minimum atomic E-state index is 0.169. The van der Waals surface area contributed by atoms with Crippen LogP contribution in [0.2, 0.25) is 0 Å². The number of piperidine rings is 1. The lowest BCUT2D eigenvalue weighted by Crippen LogP contribution is -2.45. The second-order valence-electron chi connectivity index (χ2n) is 8.35. The molecular weight excluding hydrogens is 344 g/mol. The number of nitrogens with zero attached hydrogens (tertiary/aromatic N) is 4. The number of methoxy groups -OCH3 is 1. The van der Waals surface area contributed by atoms with Crippen molar-refractivity contribution in [2.45, 2.75) is 32.6 Å². The van der Waals surface area contributed by atoms with E-state index in [2.05, 4.69) is 14.9 Å². The van der Waals surface area contributed by atoms with Crippen LogP contribution in [0.1, 0.15) is 32.6 Å². The summed E-state index contributed by atoms with van der Waals surface area (Å²) < 4.78 is 11.3. The summed E-state index contributed by atoms with van der Waals surface area (Å²) in [6, 6.07) is 1.89. The number of carbonyl (C=O) groups excluding carboxylic acids is 1. The van der Waals surface area contributed by atoms with Crippen LogP contribution < -0.4 is 9.64 Å². The lowest BCUT2D eigenvalue weighted by Gasteiger charge is -2.42. The van der Waals surface area contributed by atoms with Crippen molar-refractivity contribution in [1.82, 2.24) is 14.9 Å². The van der Waals surface area contributed by atoms with Crippen molar-refractivity contribution in [2.24, 2.45) is 17.3 Å². The van der Waals surface area contributed by atoms with Crippen LogP contribution in [0.25, 0.3) is 0 Å². The summed E-state index contributed by atoms with van der Waals surface area (Å²) in [5.74, 6) is 2.90. The standard InChI is InChI=1S/C20H30N4O3/c1-15(25)24-10-17(12-27-11-16-3-4-16)20(13-24)5-7-23(8-6-20)18-9-19(26-2)22-14-21-18/h9,14,16-17H,3-8,10-13H2,1-2H3/t17-/m0/s1. The van der Waals surface area contributed by atoms with Gasteiger partial charge in [-0.1, -0.05) is 0 Å². The van der Waals surface area contributed by atoms with Gasteiger partial charge < -0.3 is 19.3 Å². The molecule has 0 bridgehead atoms. The van der Waals surface area contributed by atoms with Crippen LogP contribution in [0.5, 0.6) is 5.88 Å². The Morgan fingerprint density at radius 1 is 1.26 bits per heavy atom. The number of ether oxygens (including phenoxy) is 2. The molecule has 3 fully saturated rings. The number of hydrogen-bond donors (Lipinski definition) is 0. The van der Waals surface area contributed by atoms with E-state index in [9.17, 15) is 4.79 Å². The highest BCUT2D eigenvalue weighted by Gasteiger charge is 2.49. The summed E-state index contributed by atoms with van der Waals surface area (Å²) >= 11 is 0. The number of hydrogen-bond acceptors (Lipinski definition) is 6. The van der Waals surface area contributed by atoms with Crippen LogP contribution in [-0.4, -0.2) is 67.3 Å². The van der Waals surface area contributed by atoms with Crippen LogP contribution >= 0.6 is 0 Å². The van der Waals surface area contributed by atoms with Gasteiger partial charge in [0.15, 0.2) is 0 Å². The summed E-state index contributed by atoms with van der Waals surface area (Å²) in [7, 11) is 1.62. The van der Waals surface area contributed by atoms with Gasteiger partial charge in [0.25, 0.3) is 0 Å². The van der Waals surface area contributed by atoms with E-state index in [1.54, 1.807) is 20.4 Å². The van der Waals surface area contributed by atoms with E-state index < -0.39 is 0 Å². The molecule has 27 heavy (non-hydrogen) atoms. The number of aromatic nitrogens is 2. The molecule has 3 aliphatic rings. The molecule has 1 atom stereocenters. The first kappa shape index (κ1) is 18.5. The van der Waals surface area contributed by atoms with Gasteiger partial charge in [-0.3, -0.25) is 4.79 Å². The highest BCUT2D eigenvalue weighted by Crippen LogP contribution is 2.45. The second-order valence-corrected chi connectivity index (χ2v) is 8.35. The maximum absolute atomic E-state index is 12.0. The smallest absolute Gasteiger partial charge is 0.219 e. The fourth-order valence-electron chi connectivity index (χ4n) is 4.53. The maximum Gasteiger partial charge on any atom is 0.219 e. The predicted molar refractivity (Wildman–Crippen MR) is 102 cm³/mol. The van der Waals surface area contributed by atoms with Gasteiger partial charge in [0.05, 0.1) is 13.7 Å². The fraction of sp³-hybridized carbons (Fsp3) is 0.750. The molecule has 3 heterocycles. The van der Waals surface area contributed by atoms with E-state index >= 15 is 0 Å². The molecule has 2 aliphatic heterocycles. The summed E-state index contributed by atoms with van der Waals surface area (Å²) in [6.45, 7) is 6.92. The van der Waals surface area contributed by atoms with Gasteiger partial charge in [-0.2, -0.15) is 0 Å². The van der Waals surface area contributed by atoms with E-state index in [-0.39, 0.29) is 11.3 Å². The molecule has 1 aliphatic carbocycles. The number of rotatable bonds is 6. The molecule has 1 aromatic heterocycles. The number of carbonyl (C=O) groups is 1. The van der Waals surface area contributed by atoms with Crippen LogP contribution in [0.15, 0.2) is 12.4 Å². The molecule has 4 rings (SSSR count). The third-order valence-electron chi connectivity index (χ3n) is 6.55. The van der Waals surface area contributed by atoms with Gasteiger partial charge in [0, 0.05) is 51.7 Å². The summed E-state index contributed by atoms with van der Waals surface area (Å²) in [5.41, 5.74) is 0.169. The molecule has 0 radical (unpaired) electrons. The number of likely N-dealkylation sites (tertiary alicyclic amines) is 1. The molecular formula is C20H30N4O3. The first-order valence-corrected chi connectivity index (χ1v) is 10.0. The van der Waals surface area contributed by atoms with E-state index in [0.29, 0.717) is 11.8 Å². The van der Waals surface area contributed by atoms with Gasteiger partial charge in [-0.15, -0.1) is 0 Å². The van der Waals surface area contributed by atoms with Crippen LogP contribution in [-0.2, 0) is 9.53 Å². The first-order valence-electron chi connectivity index (χ1n) is 10.0. The largest absolute Gasteiger partial charge is 0.481 e. The van der Waals surface area contributed by atoms with Crippen molar-refractivity contribution < 1.29 is 14.3 Å². The molecule has 7 nitrogen and oxygen atoms in total. The monoisotopic (exact) mass is 374 g/mol. The highest BCUT2D eigenvalue weighted by molar-refractivity contribution is 5.73. The lowest BCUT2D eigenvalue weighted by atomic mass is 9.71. The van der Waals surface area contributed by atoms with Gasteiger partial charge in [-0.25, -0.2) is 9.97 Å². The number of anilines is 1. The quantitative estimate of drug-likeness (QED) is 0.758. The predicted octanol–water partition coefficient (Wildman–Crippen LogP) is 1.98. The van der Waals surface area contributed by atoms with E-state index in [1.165, 1.54) is 12.8 Å². The zero-order valence-corrected chi connectivity index (χ0v) is 16.4.